The Labute approximate surface area is 512 Å². The zero-order valence-electron chi connectivity index (χ0n) is 43.0. The third kappa shape index (κ3) is 24.6. The van der Waals surface area contributed by atoms with Crippen LogP contribution in [0.5, 0.6) is 34.5 Å². The van der Waals surface area contributed by atoms with E-state index in [0.29, 0.717) is 0 Å². The minimum atomic E-state index is -4.67. The van der Waals surface area contributed by atoms with Crippen molar-refractivity contribution in [1.29, 1.82) is 0 Å². The van der Waals surface area contributed by atoms with Crippen molar-refractivity contribution in [3.63, 3.8) is 0 Å². The third-order valence-electron chi connectivity index (χ3n) is 10.2. The van der Waals surface area contributed by atoms with Crippen LogP contribution in [-0.2, 0) is 94.8 Å². The number of hydrogen-bond acceptors (Lipinski definition) is 30. The van der Waals surface area contributed by atoms with Crippen molar-refractivity contribution in [2.75, 3.05) is 39.3 Å². The molecule has 458 valence electrons. The van der Waals surface area contributed by atoms with Crippen molar-refractivity contribution < 1.29 is 143 Å². The first kappa shape index (κ1) is 74.7. The van der Waals surface area contributed by atoms with Crippen molar-refractivity contribution in [2.45, 2.75) is 29.4 Å². The maximum absolute atomic E-state index is 11.0. The Bertz CT molecular complexity index is 3590. The fourth-order valence-electron chi connectivity index (χ4n) is 6.07. The molecule has 38 heteroatoms. The van der Waals surface area contributed by atoms with E-state index in [1.165, 1.54) is 37.3 Å². The maximum Gasteiger partial charge on any atom is 3.00 e. The van der Waals surface area contributed by atoms with Crippen molar-refractivity contribution >= 4 is 98.0 Å². The summed E-state index contributed by atoms with van der Waals surface area (Å²) >= 11 is 0. The monoisotopic (exact) mass is 1390 g/mol. The Kier molecular flexibility index (Phi) is 28.2. The molecule has 0 saturated heterocycles. The van der Waals surface area contributed by atoms with Crippen LogP contribution in [0.25, 0.3) is 0 Å². The van der Waals surface area contributed by atoms with Gasteiger partial charge in [0, 0.05) is 70.7 Å². The molecule has 30 nitrogen and oxygen atoms in total. The van der Waals surface area contributed by atoms with Gasteiger partial charge >= 0.3 is 34.1 Å². The molecule has 0 aliphatic carbocycles. The molecule has 0 spiro atoms. The fourth-order valence-corrected chi connectivity index (χ4v) is 9.11. The third-order valence-corrected chi connectivity index (χ3v) is 15.2. The number of benzene rings is 6. The van der Waals surface area contributed by atoms with Crippen LogP contribution < -0.4 is 0 Å². The minimum Gasteiger partial charge on any atom is -0.744 e. The molecular formula is C48H42Mn2N6O24S6. The second-order valence-corrected chi connectivity index (χ2v) is 24.5. The van der Waals surface area contributed by atoms with Gasteiger partial charge in [0.15, 0.2) is 0 Å². The second-order valence-electron chi connectivity index (χ2n) is 16.3. The molecule has 0 bridgehead atoms. The average Bonchev–Trinajstić information content (AvgIpc) is 3.46. The summed E-state index contributed by atoms with van der Waals surface area (Å²) < 4.78 is 198. The van der Waals surface area contributed by atoms with Crippen LogP contribution in [0, 0.1) is 0 Å². The van der Waals surface area contributed by atoms with E-state index in [9.17, 15) is 108 Å². The van der Waals surface area contributed by atoms with E-state index in [4.69, 9.17) is 0 Å². The molecule has 0 heterocycles. The molecule has 6 rings (SSSR count). The predicted octanol–water partition coefficient (Wildman–Crippen LogP) is 1.33. The number of phenols is 6. The SMILES string of the molecule is O=S(=O)([O-])c1ccc(O)c(C=NCCN=Cc2cc(S(=O)(=O)[O-])ccc2O)c1.O=S(=O)([O-])c1ccc(O)c(C=NCCN=Cc2cc(S(=O)(=O)[O-])ccc2O)c1.O=S(=O)([O-])c1ccc(O)c(C=NCCN=Cc2cc(S(=O)(=O)[O-])ccc2O)c1.[Mn+3].[Mn+3]. The number of hydrogen-bond donors (Lipinski definition) is 6. The van der Waals surface area contributed by atoms with Gasteiger partial charge in [-0.3, -0.25) is 30.0 Å². The molecule has 0 atom stereocenters. The molecule has 6 aromatic carbocycles. The van der Waals surface area contributed by atoms with Crippen LogP contribution in [0.2, 0.25) is 0 Å². The molecule has 0 unspecified atom stereocenters. The van der Waals surface area contributed by atoms with Crippen molar-refractivity contribution in [2.24, 2.45) is 30.0 Å². The van der Waals surface area contributed by atoms with E-state index in [1.807, 2.05) is 0 Å². The smallest absolute Gasteiger partial charge is 0.744 e. The van der Waals surface area contributed by atoms with Gasteiger partial charge < -0.3 is 58.0 Å². The van der Waals surface area contributed by atoms with E-state index in [2.05, 4.69) is 30.0 Å². The number of aromatic hydroxyl groups is 6. The molecule has 6 N–H and O–H groups in total. The number of aliphatic imine (C=N–C) groups is 6. The molecule has 0 amide bonds. The summed E-state index contributed by atoms with van der Waals surface area (Å²) in [4.78, 5) is 20.6. The van der Waals surface area contributed by atoms with Crippen LogP contribution >= 0.6 is 0 Å². The minimum absolute atomic E-state index is 0. The molecule has 0 aliphatic heterocycles. The molecule has 0 aromatic heterocycles. The first-order chi connectivity index (χ1) is 38.9. The summed E-state index contributed by atoms with van der Waals surface area (Å²) in [6, 6.07) is 18.1. The van der Waals surface area contributed by atoms with E-state index < -0.39 is 90.1 Å². The van der Waals surface area contributed by atoms with Crippen molar-refractivity contribution in [1.82, 2.24) is 0 Å². The summed E-state index contributed by atoms with van der Waals surface area (Å²) in [5.41, 5.74) is 0.205. The quantitative estimate of drug-likeness (QED) is 0.0256. The molecule has 86 heavy (non-hydrogen) atoms. The molecule has 0 fully saturated rings. The van der Waals surface area contributed by atoms with E-state index in [-0.39, 0.29) is 141 Å². The first-order valence-electron chi connectivity index (χ1n) is 22.7. The number of phenolic OH excluding ortho intramolecular Hbond substituents is 6. The average molecular weight is 1390 g/mol. The van der Waals surface area contributed by atoms with Crippen molar-refractivity contribution in [3.05, 3.63) is 143 Å². The summed E-state index contributed by atoms with van der Waals surface area (Å²) in [6.45, 7) is 0.611. The Hall–Kier alpha value is -7.36. The van der Waals surface area contributed by atoms with Gasteiger partial charge in [-0.1, -0.05) is 0 Å². The van der Waals surface area contributed by atoms with Crippen LogP contribution in [0.15, 0.2) is 169 Å². The normalized spacial score (nSPS) is 12.5. The standard InChI is InChI=1S/3C16H16N2O8S2.2Mn/c3*19-15-3-1-13(27(21,22)23)7-11(15)9-17-5-6-18-10-12-8-14(28(24,25)26)2-4-16(12)20;;/h3*1-4,7-10,19-20H,5-6H2,(H,21,22,23)(H,24,25,26);;/q;;;2*+3/p-6. The topological polar surface area (TPSA) is 539 Å². The van der Waals surface area contributed by atoms with Crippen molar-refractivity contribution in [3.8, 4) is 34.5 Å². The maximum atomic E-state index is 11.0. The second kappa shape index (κ2) is 32.4. The fraction of sp³-hybridized carbons (Fsp3) is 0.125. The van der Waals surface area contributed by atoms with Crippen LogP contribution in [0.1, 0.15) is 33.4 Å². The number of rotatable bonds is 21. The Balaban J connectivity index is 0.000000435. The summed E-state index contributed by atoms with van der Waals surface area (Å²) in [5, 5.41) is 57.9. The molecule has 6 aromatic rings. The summed E-state index contributed by atoms with van der Waals surface area (Å²) in [7, 11) is -28.0. The molecule has 0 radical (unpaired) electrons. The molecule has 0 aliphatic rings. The zero-order chi connectivity index (χ0) is 62.8. The van der Waals surface area contributed by atoms with Gasteiger partial charge in [0.05, 0.1) is 68.6 Å². The number of nitrogens with zero attached hydrogens (tertiary/aromatic N) is 6. The Morgan fingerprint density at radius 2 is 0.372 bits per heavy atom. The van der Waals surface area contributed by atoms with Gasteiger partial charge in [-0.05, 0) is 109 Å². The van der Waals surface area contributed by atoms with E-state index >= 15 is 0 Å². The molecule has 0 saturated carbocycles. The van der Waals surface area contributed by atoms with Crippen LogP contribution in [0.3, 0.4) is 0 Å². The Morgan fingerprint density at radius 3 is 0.477 bits per heavy atom. The largest absolute Gasteiger partial charge is 3.00 e. The summed E-state index contributed by atoms with van der Waals surface area (Å²) in [6.07, 6.45) is 7.01. The van der Waals surface area contributed by atoms with Gasteiger partial charge in [-0.15, -0.1) is 0 Å². The zero-order valence-corrected chi connectivity index (χ0v) is 50.3. The molecular weight excluding hydrogens is 1350 g/mol. The van der Waals surface area contributed by atoms with E-state index in [0.717, 1.165) is 109 Å². The van der Waals surface area contributed by atoms with E-state index in [1.54, 1.807) is 0 Å². The van der Waals surface area contributed by atoms with Crippen LogP contribution in [0.4, 0.5) is 0 Å². The van der Waals surface area contributed by atoms with Crippen LogP contribution in [-0.4, -0.2) is 185 Å². The van der Waals surface area contributed by atoms with Gasteiger partial charge in [0.25, 0.3) is 0 Å². The van der Waals surface area contributed by atoms with Gasteiger partial charge in [-0.25, -0.2) is 50.5 Å². The van der Waals surface area contributed by atoms with Gasteiger partial charge in [0.2, 0.25) is 0 Å². The predicted molar refractivity (Wildman–Crippen MR) is 291 cm³/mol. The Morgan fingerprint density at radius 1 is 0.256 bits per heavy atom. The van der Waals surface area contributed by atoms with Gasteiger partial charge in [-0.2, -0.15) is 0 Å². The first-order valence-corrected chi connectivity index (χ1v) is 31.1. The summed E-state index contributed by atoms with van der Waals surface area (Å²) in [5.74, 6) is -1.58. The van der Waals surface area contributed by atoms with Gasteiger partial charge in [0.1, 0.15) is 95.2 Å².